The van der Waals surface area contributed by atoms with Crippen LogP contribution in [0.3, 0.4) is 0 Å². The van der Waals surface area contributed by atoms with Gasteiger partial charge in [0.25, 0.3) is 5.91 Å². The van der Waals surface area contributed by atoms with Crippen LogP contribution in [0.15, 0.2) is 40.9 Å². The molecule has 1 aliphatic carbocycles. The maximum atomic E-state index is 13.0. The van der Waals surface area contributed by atoms with Gasteiger partial charge in [-0.2, -0.15) is 0 Å². The van der Waals surface area contributed by atoms with Crippen molar-refractivity contribution in [3.63, 3.8) is 0 Å². The van der Waals surface area contributed by atoms with E-state index in [2.05, 4.69) is 10.5 Å². The molecular formula is C20H16Cl2N2O3. The zero-order chi connectivity index (χ0) is 19.1. The molecule has 0 aliphatic heterocycles. The molecule has 138 valence electrons. The normalized spacial score (nSPS) is 15.6. The van der Waals surface area contributed by atoms with Crippen molar-refractivity contribution in [2.75, 3.05) is 0 Å². The van der Waals surface area contributed by atoms with Crippen molar-refractivity contribution in [2.45, 2.75) is 25.8 Å². The van der Waals surface area contributed by atoms with Gasteiger partial charge in [0.1, 0.15) is 22.8 Å². The molecule has 4 rings (SSSR count). The van der Waals surface area contributed by atoms with Crippen molar-refractivity contribution in [1.82, 2.24) is 10.5 Å². The number of benzene rings is 2. The lowest BCUT2D eigenvalue weighted by Crippen LogP contribution is -2.27. The van der Waals surface area contributed by atoms with Crippen molar-refractivity contribution in [3.05, 3.63) is 68.9 Å². The van der Waals surface area contributed by atoms with Crippen LogP contribution in [0.4, 0.5) is 0 Å². The number of halogens is 2. The SMILES string of the molecule is Cc1onc(-c2c(Cl)cccc2Cl)c1C(=O)NC1CCc2c(O)cccc21. The molecule has 0 bridgehead atoms. The van der Waals surface area contributed by atoms with Gasteiger partial charge in [0.2, 0.25) is 0 Å². The summed E-state index contributed by atoms with van der Waals surface area (Å²) in [7, 11) is 0. The molecule has 1 unspecified atom stereocenters. The van der Waals surface area contributed by atoms with Gasteiger partial charge in [-0.05, 0) is 49.1 Å². The lowest BCUT2D eigenvalue weighted by molar-refractivity contribution is 0.0935. The van der Waals surface area contributed by atoms with Crippen LogP contribution in [-0.4, -0.2) is 16.2 Å². The number of hydrogen-bond donors (Lipinski definition) is 2. The monoisotopic (exact) mass is 402 g/mol. The number of rotatable bonds is 3. The van der Waals surface area contributed by atoms with E-state index in [0.717, 1.165) is 11.1 Å². The first-order valence-corrected chi connectivity index (χ1v) is 9.25. The number of aromatic hydroxyl groups is 1. The van der Waals surface area contributed by atoms with E-state index in [1.807, 2.05) is 6.07 Å². The summed E-state index contributed by atoms with van der Waals surface area (Å²) in [4.78, 5) is 13.0. The lowest BCUT2D eigenvalue weighted by Gasteiger charge is -2.15. The highest BCUT2D eigenvalue weighted by Gasteiger charge is 2.30. The van der Waals surface area contributed by atoms with E-state index in [1.165, 1.54) is 0 Å². The van der Waals surface area contributed by atoms with Crippen LogP contribution in [0, 0.1) is 6.92 Å². The van der Waals surface area contributed by atoms with Gasteiger partial charge >= 0.3 is 0 Å². The fourth-order valence-electron chi connectivity index (χ4n) is 3.55. The van der Waals surface area contributed by atoms with Crippen LogP contribution in [0.1, 0.15) is 39.7 Å². The number of phenols is 1. The summed E-state index contributed by atoms with van der Waals surface area (Å²) in [5.74, 6) is 0.322. The number of amides is 1. The van der Waals surface area contributed by atoms with E-state index < -0.39 is 0 Å². The zero-order valence-electron chi connectivity index (χ0n) is 14.4. The lowest BCUT2D eigenvalue weighted by atomic mass is 10.0. The van der Waals surface area contributed by atoms with Gasteiger partial charge in [0, 0.05) is 5.56 Å². The summed E-state index contributed by atoms with van der Waals surface area (Å²) < 4.78 is 5.27. The van der Waals surface area contributed by atoms with Crippen molar-refractivity contribution >= 4 is 29.1 Å². The van der Waals surface area contributed by atoms with E-state index in [0.29, 0.717) is 45.5 Å². The van der Waals surface area contributed by atoms with Crippen LogP contribution >= 0.6 is 23.2 Å². The zero-order valence-corrected chi connectivity index (χ0v) is 15.9. The minimum absolute atomic E-state index is 0.191. The summed E-state index contributed by atoms with van der Waals surface area (Å²) in [6, 6.07) is 10.3. The first-order valence-electron chi connectivity index (χ1n) is 8.49. The molecule has 1 atom stereocenters. The number of carbonyl (C=O) groups excluding carboxylic acids is 1. The van der Waals surface area contributed by atoms with Crippen LogP contribution in [0.25, 0.3) is 11.3 Å². The van der Waals surface area contributed by atoms with E-state index in [4.69, 9.17) is 27.7 Å². The molecule has 1 aliphatic rings. The molecule has 2 N–H and O–H groups in total. The van der Waals surface area contributed by atoms with Crippen LogP contribution < -0.4 is 5.32 Å². The highest BCUT2D eigenvalue weighted by Crippen LogP contribution is 2.39. The number of hydrogen-bond acceptors (Lipinski definition) is 4. The Morgan fingerprint density at radius 1 is 1.22 bits per heavy atom. The molecule has 0 fully saturated rings. The summed E-state index contributed by atoms with van der Waals surface area (Å²) in [5.41, 5.74) is 2.88. The largest absolute Gasteiger partial charge is 0.508 e. The van der Waals surface area contributed by atoms with Gasteiger partial charge in [-0.3, -0.25) is 4.79 Å². The quantitative estimate of drug-likeness (QED) is 0.640. The van der Waals surface area contributed by atoms with Gasteiger partial charge in [-0.25, -0.2) is 0 Å². The van der Waals surface area contributed by atoms with Crippen LogP contribution in [0.5, 0.6) is 5.75 Å². The molecule has 7 heteroatoms. The van der Waals surface area contributed by atoms with E-state index >= 15 is 0 Å². The third-order valence-corrected chi connectivity index (χ3v) is 5.47. The molecule has 1 heterocycles. The Hall–Kier alpha value is -2.50. The van der Waals surface area contributed by atoms with Crippen molar-refractivity contribution in [3.8, 4) is 17.0 Å². The molecule has 0 radical (unpaired) electrons. The van der Waals surface area contributed by atoms with Crippen molar-refractivity contribution in [1.29, 1.82) is 0 Å². The smallest absolute Gasteiger partial charge is 0.257 e. The highest BCUT2D eigenvalue weighted by atomic mass is 35.5. The molecule has 2 aromatic carbocycles. The molecule has 1 amide bonds. The maximum Gasteiger partial charge on any atom is 0.257 e. The molecule has 0 saturated carbocycles. The predicted octanol–water partition coefficient (Wildman–Crippen LogP) is 5.08. The average molecular weight is 403 g/mol. The third-order valence-electron chi connectivity index (χ3n) is 4.84. The molecule has 0 saturated heterocycles. The number of carbonyl (C=O) groups is 1. The second-order valence-corrected chi connectivity index (χ2v) is 7.28. The Bertz CT molecular complexity index is 1030. The minimum Gasteiger partial charge on any atom is -0.508 e. The topological polar surface area (TPSA) is 75.4 Å². The predicted molar refractivity (Wildman–Crippen MR) is 103 cm³/mol. The Kier molecular flexibility index (Phi) is 4.58. The van der Waals surface area contributed by atoms with Crippen LogP contribution in [0.2, 0.25) is 10.0 Å². The molecule has 27 heavy (non-hydrogen) atoms. The van der Waals surface area contributed by atoms with Gasteiger partial charge in [-0.15, -0.1) is 0 Å². The fraction of sp³-hybridized carbons (Fsp3) is 0.200. The standard InChI is InChI=1S/C20H16Cl2N2O3/c1-10-17(19(24-27-10)18-13(21)5-3-6-14(18)22)20(26)23-15-9-8-12-11(15)4-2-7-16(12)25/h2-7,15,25H,8-9H2,1H3,(H,23,26). The number of fused-ring (bicyclic) bond motifs is 1. The molecule has 0 spiro atoms. The minimum atomic E-state index is -0.319. The Morgan fingerprint density at radius 3 is 2.67 bits per heavy atom. The molecule has 5 nitrogen and oxygen atoms in total. The summed E-state index contributed by atoms with van der Waals surface area (Å²) in [5, 5.41) is 17.8. The first kappa shape index (κ1) is 17.9. The molecule has 1 aromatic heterocycles. The number of aromatic nitrogens is 1. The van der Waals surface area contributed by atoms with Crippen molar-refractivity contribution in [2.24, 2.45) is 0 Å². The van der Waals surface area contributed by atoms with Gasteiger partial charge in [-0.1, -0.05) is 46.6 Å². The second kappa shape index (κ2) is 6.91. The van der Waals surface area contributed by atoms with E-state index in [9.17, 15) is 9.90 Å². The Morgan fingerprint density at radius 2 is 1.93 bits per heavy atom. The summed E-state index contributed by atoms with van der Waals surface area (Å²) in [6.45, 7) is 1.67. The average Bonchev–Trinajstić information content (AvgIpc) is 3.20. The van der Waals surface area contributed by atoms with Gasteiger partial charge in [0.05, 0.1) is 16.1 Å². The van der Waals surface area contributed by atoms with E-state index in [1.54, 1.807) is 37.3 Å². The molecule has 3 aromatic rings. The van der Waals surface area contributed by atoms with Crippen LogP contribution in [-0.2, 0) is 6.42 Å². The number of nitrogens with one attached hydrogen (secondary N) is 1. The third kappa shape index (κ3) is 3.07. The fourth-order valence-corrected chi connectivity index (χ4v) is 4.13. The van der Waals surface area contributed by atoms with Gasteiger partial charge in [0.15, 0.2) is 0 Å². The Balaban J connectivity index is 1.69. The highest BCUT2D eigenvalue weighted by molar-refractivity contribution is 6.39. The molecular weight excluding hydrogens is 387 g/mol. The number of nitrogens with zero attached hydrogens (tertiary/aromatic N) is 1. The van der Waals surface area contributed by atoms with Gasteiger partial charge < -0.3 is 14.9 Å². The summed E-state index contributed by atoms with van der Waals surface area (Å²) in [6.07, 6.45) is 1.42. The second-order valence-electron chi connectivity index (χ2n) is 6.47. The summed E-state index contributed by atoms with van der Waals surface area (Å²) >= 11 is 12.6. The number of phenolic OH excluding ortho intramolecular Hbond substituents is 1. The van der Waals surface area contributed by atoms with Crippen molar-refractivity contribution < 1.29 is 14.4 Å². The van der Waals surface area contributed by atoms with E-state index in [-0.39, 0.29) is 17.7 Å². The first-order chi connectivity index (χ1) is 13.0. The number of aryl methyl sites for hydroxylation is 1. The Labute approximate surface area is 165 Å². The maximum absolute atomic E-state index is 13.0.